The molecule has 1 aliphatic heterocycles. The maximum absolute atomic E-state index is 11.4. The zero-order valence-corrected chi connectivity index (χ0v) is 11.2. The summed E-state index contributed by atoms with van der Waals surface area (Å²) in [6.45, 7) is 3.38. The molecule has 18 heavy (non-hydrogen) atoms. The molecule has 1 aromatic heterocycles. The fourth-order valence-corrected chi connectivity index (χ4v) is 2.90. The van der Waals surface area contributed by atoms with Gasteiger partial charge in [0, 0.05) is 38.9 Å². The van der Waals surface area contributed by atoms with Crippen molar-refractivity contribution in [3.63, 3.8) is 0 Å². The monoisotopic (exact) mass is 270 g/mol. The molecule has 100 valence electrons. The first-order valence-electron chi connectivity index (χ1n) is 5.83. The SMILES string of the molecule is CS(=O)(=O)N1CCN(Cc2ccnc(N)c2)CC1. The van der Waals surface area contributed by atoms with Crippen LogP contribution >= 0.6 is 0 Å². The molecule has 0 bridgehead atoms. The van der Waals surface area contributed by atoms with Gasteiger partial charge < -0.3 is 5.73 Å². The Balaban J connectivity index is 1.91. The third-order valence-electron chi connectivity index (χ3n) is 3.05. The summed E-state index contributed by atoms with van der Waals surface area (Å²) in [5.74, 6) is 0.516. The highest BCUT2D eigenvalue weighted by atomic mass is 32.2. The maximum Gasteiger partial charge on any atom is 0.211 e. The number of anilines is 1. The van der Waals surface area contributed by atoms with Crippen LogP contribution in [-0.2, 0) is 16.6 Å². The van der Waals surface area contributed by atoms with Crippen molar-refractivity contribution in [2.45, 2.75) is 6.54 Å². The lowest BCUT2D eigenvalue weighted by Crippen LogP contribution is -2.47. The Morgan fingerprint density at radius 1 is 1.33 bits per heavy atom. The third-order valence-corrected chi connectivity index (χ3v) is 4.36. The quantitative estimate of drug-likeness (QED) is 0.818. The molecule has 1 saturated heterocycles. The number of sulfonamides is 1. The summed E-state index contributed by atoms with van der Waals surface area (Å²) >= 11 is 0. The number of pyridine rings is 1. The van der Waals surface area contributed by atoms with E-state index in [1.807, 2.05) is 12.1 Å². The highest BCUT2D eigenvalue weighted by molar-refractivity contribution is 7.88. The third kappa shape index (κ3) is 3.41. The van der Waals surface area contributed by atoms with Crippen molar-refractivity contribution in [2.75, 3.05) is 38.2 Å². The van der Waals surface area contributed by atoms with Crippen molar-refractivity contribution >= 4 is 15.8 Å². The van der Waals surface area contributed by atoms with Gasteiger partial charge in [0.1, 0.15) is 5.82 Å². The predicted octanol–water partition coefficient (Wildman–Crippen LogP) is -0.259. The minimum absolute atomic E-state index is 0.516. The molecule has 0 aliphatic carbocycles. The molecule has 1 fully saturated rings. The van der Waals surface area contributed by atoms with Gasteiger partial charge in [-0.1, -0.05) is 0 Å². The number of nitrogens with two attached hydrogens (primary N) is 1. The Hall–Kier alpha value is -1.18. The van der Waals surface area contributed by atoms with E-state index in [-0.39, 0.29) is 0 Å². The molecule has 2 heterocycles. The van der Waals surface area contributed by atoms with E-state index in [0.29, 0.717) is 18.9 Å². The van der Waals surface area contributed by atoms with E-state index in [2.05, 4.69) is 9.88 Å². The van der Waals surface area contributed by atoms with E-state index in [4.69, 9.17) is 5.73 Å². The van der Waals surface area contributed by atoms with Gasteiger partial charge in [-0.3, -0.25) is 4.90 Å². The summed E-state index contributed by atoms with van der Waals surface area (Å²) in [6.07, 6.45) is 2.95. The molecular formula is C11H18N4O2S. The molecule has 0 aromatic carbocycles. The minimum atomic E-state index is -3.05. The number of hydrogen-bond donors (Lipinski definition) is 1. The van der Waals surface area contributed by atoms with Crippen LogP contribution in [0, 0.1) is 0 Å². The Labute approximate surface area is 107 Å². The first-order chi connectivity index (χ1) is 8.45. The van der Waals surface area contributed by atoms with Crippen LogP contribution in [0.1, 0.15) is 5.56 Å². The smallest absolute Gasteiger partial charge is 0.211 e. The minimum Gasteiger partial charge on any atom is -0.384 e. The molecule has 0 amide bonds. The molecule has 0 unspecified atom stereocenters. The van der Waals surface area contributed by atoms with Crippen molar-refractivity contribution in [2.24, 2.45) is 0 Å². The Kier molecular flexibility index (Phi) is 3.84. The number of rotatable bonds is 3. The van der Waals surface area contributed by atoms with Crippen LogP contribution in [0.3, 0.4) is 0 Å². The molecule has 0 radical (unpaired) electrons. The summed E-state index contributed by atoms with van der Waals surface area (Å²) in [5, 5.41) is 0. The van der Waals surface area contributed by atoms with Gasteiger partial charge in [-0.15, -0.1) is 0 Å². The van der Waals surface area contributed by atoms with Gasteiger partial charge >= 0.3 is 0 Å². The fourth-order valence-electron chi connectivity index (χ4n) is 2.07. The summed E-state index contributed by atoms with van der Waals surface area (Å²) < 4.78 is 24.3. The average molecular weight is 270 g/mol. The van der Waals surface area contributed by atoms with Crippen molar-refractivity contribution in [3.8, 4) is 0 Å². The zero-order valence-electron chi connectivity index (χ0n) is 10.4. The lowest BCUT2D eigenvalue weighted by molar-refractivity contribution is 0.182. The molecule has 1 aliphatic rings. The fraction of sp³-hybridized carbons (Fsp3) is 0.545. The van der Waals surface area contributed by atoms with Crippen molar-refractivity contribution in [1.82, 2.24) is 14.2 Å². The highest BCUT2D eigenvalue weighted by Gasteiger charge is 2.23. The second kappa shape index (κ2) is 5.21. The van der Waals surface area contributed by atoms with Crippen LogP contribution in [0.4, 0.5) is 5.82 Å². The zero-order chi connectivity index (χ0) is 13.2. The lowest BCUT2D eigenvalue weighted by Gasteiger charge is -2.33. The first kappa shape index (κ1) is 13.3. The summed E-state index contributed by atoms with van der Waals surface area (Å²) in [7, 11) is -3.05. The van der Waals surface area contributed by atoms with Crippen molar-refractivity contribution in [1.29, 1.82) is 0 Å². The van der Waals surface area contributed by atoms with Crippen LogP contribution < -0.4 is 5.73 Å². The number of hydrogen-bond acceptors (Lipinski definition) is 5. The topological polar surface area (TPSA) is 79.5 Å². The first-order valence-corrected chi connectivity index (χ1v) is 7.68. The number of nitrogen functional groups attached to an aromatic ring is 1. The molecular weight excluding hydrogens is 252 g/mol. The lowest BCUT2D eigenvalue weighted by atomic mass is 10.2. The normalized spacial score (nSPS) is 18.9. The van der Waals surface area contributed by atoms with Crippen LogP contribution in [-0.4, -0.2) is 55.0 Å². The average Bonchev–Trinajstić information content (AvgIpc) is 2.28. The largest absolute Gasteiger partial charge is 0.384 e. The van der Waals surface area contributed by atoms with Gasteiger partial charge in [0.05, 0.1) is 6.26 Å². The van der Waals surface area contributed by atoms with E-state index in [0.717, 1.165) is 25.2 Å². The van der Waals surface area contributed by atoms with E-state index < -0.39 is 10.0 Å². The number of piperazine rings is 1. The number of aromatic nitrogens is 1. The maximum atomic E-state index is 11.4. The summed E-state index contributed by atoms with van der Waals surface area (Å²) in [6, 6.07) is 3.78. The van der Waals surface area contributed by atoms with Crippen LogP contribution in [0.25, 0.3) is 0 Å². The Morgan fingerprint density at radius 3 is 2.56 bits per heavy atom. The van der Waals surface area contributed by atoms with Gasteiger partial charge in [-0.25, -0.2) is 13.4 Å². The van der Waals surface area contributed by atoms with E-state index in [9.17, 15) is 8.42 Å². The van der Waals surface area contributed by atoms with Crippen molar-refractivity contribution < 1.29 is 8.42 Å². The Morgan fingerprint density at radius 2 is 2.00 bits per heavy atom. The Bertz CT molecular complexity index is 510. The van der Waals surface area contributed by atoms with E-state index in [1.165, 1.54) is 10.6 Å². The molecule has 0 saturated carbocycles. The summed E-state index contributed by atoms with van der Waals surface area (Å²) in [5.41, 5.74) is 6.73. The van der Waals surface area contributed by atoms with Crippen molar-refractivity contribution in [3.05, 3.63) is 23.9 Å². The van der Waals surface area contributed by atoms with Crippen LogP contribution in [0.15, 0.2) is 18.3 Å². The van der Waals surface area contributed by atoms with Crippen LogP contribution in [0.2, 0.25) is 0 Å². The van der Waals surface area contributed by atoms with Gasteiger partial charge in [-0.05, 0) is 17.7 Å². The van der Waals surface area contributed by atoms with E-state index >= 15 is 0 Å². The summed E-state index contributed by atoms with van der Waals surface area (Å²) in [4.78, 5) is 6.17. The second-order valence-electron chi connectivity index (χ2n) is 4.53. The molecule has 6 nitrogen and oxygen atoms in total. The van der Waals surface area contributed by atoms with Gasteiger partial charge in [0.25, 0.3) is 0 Å². The molecule has 7 heteroatoms. The molecule has 0 atom stereocenters. The molecule has 2 N–H and O–H groups in total. The van der Waals surface area contributed by atoms with Gasteiger partial charge in [0.2, 0.25) is 10.0 Å². The molecule has 0 spiro atoms. The predicted molar refractivity (Wildman–Crippen MR) is 70.3 cm³/mol. The van der Waals surface area contributed by atoms with Crippen LogP contribution in [0.5, 0.6) is 0 Å². The van der Waals surface area contributed by atoms with Gasteiger partial charge in [0.15, 0.2) is 0 Å². The van der Waals surface area contributed by atoms with Gasteiger partial charge in [-0.2, -0.15) is 4.31 Å². The standard InChI is InChI=1S/C11H18N4O2S/c1-18(16,17)15-6-4-14(5-7-15)9-10-2-3-13-11(12)8-10/h2-3,8H,4-7,9H2,1H3,(H2,12,13). The number of nitrogens with zero attached hydrogens (tertiary/aromatic N) is 3. The highest BCUT2D eigenvalue weighted by Crippen LogP contribution is 2.11. The molecule has 1 aromatic rings. The second-order valence-corrected chi connectivity index (χ2v) is 6.51. The molecule has 2 rings (SSSR count). The van der Waals surface area contributed by atoms with E-state index in [1.54, 1.807) is 6.20 Å².